The van der Waals surface area contributed by atoms with Gasteiger partial charge in [-0.25, -0.2) is 8.42 Å². The van der Waals surface area contributed by atoms with E-state index in [9.17, 15) is 13.2 Å². The van der Waals surface area contributed by atoms with Gasteiger partial charge in [-0.15, -0.1) is 0 Å². The lowest BCUT2D eigenvalue weighted by atomic mass is 10.0. The number of nitrogens with two attached hydrogens (primary N) is 1. The van der Waals surface area contributed by atoms with Crippen LogP contribution in [0.3, 0.4) is 0 Å². The van der Waals surface area contributed by atoms with Crippen LogP contribution in [0.25, 0.3) is 10.8 Å². The van der Waals surface area contributed by atoms with E-state index < -0.39 is 22.1 Å². The van der Waals surface area contributed by atoms with Crippen LogP contribution in [0.1, 0.15) is 6.42 Å². The number of rotatable bonds is 11. The number of pyridine rings is 1. The van der Waals surface area contributed by atoms with E-state index in [4.69, 9.17) is 31.5 Å². The van der Waals surface area contributed by atoms with E-state index in [0.717, 1.165) is 4.31 Å². The lowest BCUT2D eigenvalue weighted by Gasteiger charge is -2.24. The SMILES string of the molecule is COCCOCCOCC(=O)C1CCN(S(=O)(=O)c2cccc3cncc(Cl)c23)[C@H]1N. The molecule has 0 saturated carbocycles. The van der Waals surface area contributed by atoms with E-state index in [1.807, 2.05) is 0 Å². The van der Waals surface area contributed by atoms with Gasteiger partial charge in [-0.2, -0.15) is 4.31 Å². The molecule has 0 amide bonds. The number of aromatic nitrogens is 1. The Balaban J connectivity index is 1.65. The predicted octanol–water partition coefficient (Wildman–Crippen LogP) is 1.43. The minimum absolute atomic E-state index is 0.0467. The van der Waals surface area contributed by atoms with Gasteiger partial charge in [-0.1, -0.05) is 23.7 Å². The van der Waals surface area contributed by atoms with Crippen molar-refractivity contribution in [3.63, 3.8) is 0 Å². The summed E-state index contributed by atoms with van der Waals surface area (Å²) in [4.78, 5) is 16.6. The standard InChI is InChI=1S/C20H26ClN3O6S/c1-28-7-8-29-9-10-30-13-17(25)15-5-6-24(20(15)22)31(26,27)18-4-2-3-14-11-23-12-16(21)19(14)18/h2-4,11-12,15,20H,5-10,13,22H2,1H3/t15?,20-/m1/s1. The van der Waals surface area contributed by atoms with Crippen LogP contribution >= 0.6 is 11.6 Å². The Labute approximate surface area is 186 Å². The summed E-state index contributed by atoms with van der Waals surface area (Å²) in [7, 11) is -2.39. The molecule has 2 heterocycles. The zero-order valence-electron chi connectivity index (χ0n) is 17.2. The van der Waals surface area contributed by atoms with Gasteiger partial charge >= 0.3 is 0 Å². The highest BCUT2D eigenvalue weighted by molar-refractivity contribution is 7.89. The van der Waals surface area contributed by atoms with Gasteiger partial charge in [0, 0.05) is 36.8 Å². The number of ketones is 1. The number of fused-ring (bicyclic) bond motifs is 1. The van der Waals surface area contributed by atoms with Gasteiger partial charge in [0.2, 0.25) is 10.0 Å². The molecule has 0 aliphatic carbocycles. The third-order valence-corrected chi connectivity index (χ3v) is 7.38. The Morgan fingerprint density at radius 2 is 1.97 bits per heavy atom. The number of Topliss-reactive ketones (excluding diaryl/α,β-unsaturated/α-hetero) is 1. The van der Waals surface area contributed by atoms with Gasteiger partial charge in [0.05, 0.1) is 48.4 Å². The molecule has 1 aliphatic rings. The van der Waals surface area contributed by atoms with E-state index in [1.165, 1.54) is 12.3 Å². The fourth-order valence-corrected chi connectivity index (χ4v) is 5.69. The molecule has 1 aromatic carbocycles. The topological polar surface area (TPSA) is 121 Å². The van der Waals surface area contributed by atoms with E-state index in [-0.39, 0.29) is 35.5 Å². The minimum Gasteiger partial charge on any atom is -0.382 e. The van der Waals surface area contributed by atoms with Crippen molar-refractivity contribution < 1.29 is 27.4 Å². The zero-order chi connectivity index (χ0) is 22.4. The number of carbonyl (C=O) groups excluding carboxylic acids is 1. The number of benzene rings is 1. The number of carbonyl (C=O) groups is 1. The summed E-state index contributed by atoms with van der Waals surface area (Å²) in [6, 6.07) is 4.85. The maximum atomic E-state index is 13.4. The van der Waals surface area contributed by atoms with E-state index in [1.54, 1.807) is 25.4 Å². The van der Waals surface area contributed by atoms with Gasteiger partial charge in [-0.05, 0) is 12.5 Å². The summed E-state index contributed by atoms with van der Waals surface area (Å²) in [6.45, 7) is 1.51. The van der Waals surface area contributed by atoms with Gasteiger partial charge in [0.25, 0.3) is 0 Å². The predicted molar refractivity (Wildman–Crippen MR) is 115 cm³/mol. The summed E-state index contributed by atoms with van der Waals surface area (Å²) >= 11 is 6.24. The van der Waals surface area contributed by atoms with Crippen LogP contribution in [-0.2, 0) is 29.0 Å². The Morgan fingerprint density at radius 1 is 1.23 bits per heavy atom. The number of sulfonamides is 1. The molecule has 0 bridgehead atoms. The molecule has 3 rings (SSSR count). The first-order valence-corrected chi connectivity index (χ1v) is 11.7. The third kappa shape index (κ3) is 5.40. The summed E-state index contributed by atoms with van der Waals surface area (Å²) < 4.78 is 43.4. The second-order valence-electron chi connectivity index (χ2n) is 7.10. The Morgan fingerprint density at radius 3 is 2.74 bits per heavy atom. The summed E-state index contributed by atoms with van der Waals surface area (Å²) in [5.74, 6) is -0.876. The fourth-order valence-electron chi connectivity index (χ4n) is 3.56. The first-order chi connectivity index (χ1) is 14.9. The maximum Gasteiger partial charge on any atom is 0.245 e. The van der Waals surface area contributed by atoms with Gasteiger partial charge in [-0.3, -0.25) is 9.78 Å². The molecule has 0 spiro atoms. The van der Waals surface area contributed by atoms with Crippen molar-refractivity contribution in [1.29, 1.82) is 0 Å². The molecule has 0 radical (unpaired) electrons. The Hall–Kier alpha value is -1.66. The third-order valence-electron chi connectivity index (χ3n) is 5.15. The molecule has 11 heteroatoms. The molecule has 1 aromatic heterocycles. The first-order valence-electron chi connectivity index (χ1n) is 9.84. The number of methoxy groups -OCH3 is 1. The van der Waals surface area contributed by atoms with Crippen molar-refractivity contribution in [3.05, 3.63) is 35.6 Å². The highest BCUT2D eigenvalue weighted by atomic mass is 35.5. The van der Waals surface area contributed by atoms with Gasteiger partial charge in [0.15, 0.2) is 5.78 Å². The number of nitrogens with zero attached hydrogens (tertiary/aromatic N) is 2. The number of hydrogen-bond donors (Lipinski definition) is 1. The summed E-state index contributed by atoms with van der Waals surface area (Å²) in [5, 5.41) is 1.23. The normalized spacial score (nSPS) is 19.8. The average molecular weight is 472 g/mol. The smallest absolute Gasteiger partial charge is 0.245 e. The molecule has 31 heavy (non-hydrogen) atoms. The highest BCUT2D eigenvalue weighted by Crippen LogP contribution is 2.34. The van der Waals surface area contributed by atoms with E-state index in [2.05, 4.69) is 4.98 Å². The monoisotopic (exact) mass is 471 g/mol. The van der Waals surface area contributed by atoms with Crippen molar-refractivity contribution in [3.8, 4) is 0 Å². The summed E-state index contributed by atoms with van der Waals surface area (Å²) in [6.07, 6.45) is 2.30. The van der Waals surface area contributed by atoms with Crippen LogP contribution in [0.2, 0.25) is 5.02 Å². The van der Waals surface area contributed by atoms with Crippen molar-refractivity contribution in [1.82, 2.24) is 9.29 Å². The fraction of sp³-hybridized carbons (Fsp3) is 0.500. The molecule has 9 nitrogen and oxygen atoms in total. The minimum atomic E-state index is -3.97. The van der Waals surface area contributed by atoms with Crippen LogP contribution in [0, 0.1) is 5.92 Å². The lowest BCUT2D eigenvalue weighted by molar-refractivity contribution is -0.128. The molecular weight excluding hydrogens is 446 g/mol. The first kappa shape index (κ1) is 24.0. The Bertz CT molecular complexity index is 1010. The molecule has 1 saturated heterocycles. The van der Waals surface area contributed by atoms with Crippen LogP contribution in [-0.4, -0.2) is 76.3 Å². The van der Waals surface area contributed by atoms with Crippen LogP contribution < -0.4 is 5.73 Å². The molecule has 1 aliphatic heterocycles. The number of halogens is 1. The number of ether oxygens (including phenoxy) is 3. The molecule has 170 valence electrons. The Kier molecular flexibility index (Phi) is 8.34. The van der Waals surface area contributed by atoms with E-state index >= 15 is 0 Å². The second-order valence-corrected chi connectivity index (χ2v) is 9.37. The van der Waals surface area contributed by atoms with Gasteiger partial charge in [0.1, 0.15) is 6.61 Å². The zero-order valence-corrected chi connectivity index (χ0v) is 18.8. The maximum absolute atomic E-state index is 13.4. The lowest BCUT2D eigenvalue weighted by Crippen LogP contribution is -2.46. The average Bonchev–Trinajstić information content (AvgIpc) is 3.15. The summed E-state index contributed by atoms with van der Waals surface area (Å²) in [5.41, 5.74) is 6.20. The quantitative estimate of drug-likeness (QED) is 0.488. The molecular formula is C20H26ClN3O6S. The second kappa shape index (κ2) is 10.8. The highest BCUT2D eigenvalue weighted by Gasteiger charge is 2.43. The molecule has 1 unspecified atom stereocenters. The van der Waals surface area contributed by atoms with E-state index in [0.29, 0.717) is 37.0 Å². The molecule has 1 fully saturated rings. The van der Waals surface area contributed by atoms with Crippen molar-refractivity contribution in [2.24, 2.45) is 11.7 Å². The largest absolute Gasteiger partial charge is 0.382 e. The van der Waals surface area contributed by atoms with Crippen molar-refractivity contribution in [2.75, 3.05) is 46.7 Å². The van der Waals surface area contributed by atoms with Crippen LogP contribution in [0.4, 0.5) is 0 Å². The molecule has 2 N–H and O–H groups in total. The van der Waals surface area contributed by atoms with Gasteiger partial charge < -0.3 is 19.9 Å². The van der Waals surface area contributed by atoms with Crippen molar-refractivity contribution >= 4 is 38.2 Å². The van der Waals surface area contributed by atoms with Crippen molar-refractivity contribution in [2.45, 2.75) is 17.5 Å². The van der Waals surface area contributed by atoms with Crippen LogP contribution in [0.15, 0.2) is 35.5 Å². The molecule has 2 aromatic rings. The molecule has 2 atom stereocenters. The van der Waals surface area contributed by atoms with Crippen LogP contribution in [0.5, 0.6) is 0 Å². The number of hydrogen-bond acceptors (Lipinski definition) is 8.